The molecule has 8 heteroatoms. The molecule has 27 heavy (non-hydrogen) atoms. The van der Waals surface area contributed by atoms with E-state index in [0.29, 0.717) is 21.9 Å². The first kappa shape index (κ1) is 17.2. The number of nitrogen functional groups attached to an aromatic ring is 1. The summed E-state index contributed by atoms with van der Waals surface area (Å²) in [6.45, 7) is 4.24. The van der Waals surface area contributed by atoms with Gasteiger partial charge in [0.15, 0.2) is 0 Å². The Morgan fingerprint density at radius 3 is 2.70 bits per heavy atom. The van der Waals surface area contributed by atoms with Crippen molar-refractivity contribution < 1.29 is 4.79 Å². The van der Waals surface area contributed by atoms with E-state index in [2.05, 4.69) is 20.5 Å². The van der Waals surface area contributed by atoms with Gasteiger partial charge < -0.3 is 15.6 Å². The number of amides is 1. The Hall–Kier alpha value is -3.26. The first-order valence-electron chi connectivity index (χ1n) is 8.42. The Morgan fingerprint density at radius 1 is 1.22 bits per heavy atom. The molecule has 3 heterocycles. The number of carbonyl (C=O) groups is 1. The molecule has 0 spiro atoms. The van der Waals surface area contributed by atoms with E-state index in [-0.39, 0.29) is 5.91 Å². The molecule has 0 aliphatic heterocycles. The van der Waals surface area contributed by atoms with Gasteiger partial charge in [-0.25, -0.2) is 4.98 Å². The maximum Gasteiger partial charge on any atom is 0.263 e. The fourth-order valence-corrected chi connectivity index (χ4v) is 3.89. The zero-order valence-corrected chi connectivity index (χ0v) is 15.7. The monoisotopic (exact) mass is 378 g/mol. The third kappa shape index (κ3) is 3.15. The second-order valence-corrected chi connectivity index (χ2v) is 7.25. The van der Waals surface area contributed by atoms with Crippen LogP contribution in [-0.2, 0) is 6.54 Å². The molecule has 7 nitrogen and oxygen atoms in total. The van der Waals surface area contributed by atoms with Crippen LogP contribution in [0.2, 0.25) is 0 Å². The van der Waals surface area contributed by atoms with Crippen LogP contribution in [0.4, 0.5) is 5.69 Å². The Balaban J connectivity index is 1.50. The molecule has 0 bridgehead atoms. The highest BCUT2D eigenvalue weighted by atomic mass is 32.1. The summed E-state index contributed by atoms with van der Waals surface area (Å²) < 4.78 is 1.92. The summed E-state index contributed by atoms with van der Waals surface area (Å²) in [5.74, 6) is -0.203. The number of anilines is 1. The van der Waals surface area contributed by atoms with Gasteiger partial charge >= 0.3 is 0 Å². The van der Waals surface area contributed by atoms with Crippen molar-refractivity contribution in [3.63, 3.8) is 0 Å². The second-order valence-electron chi connectivity index (χ2n) is 6.25. The molecule has 0 saturated heterocycles. The number of thiophene rings is 1. The highest BCUT2D eigenvalue weighted by molar-refractivity contribution is 7.21. The predicted molar refractivity (Wildman–Crippen MR) is 106 cm³/mol. The quantitative estimate of drug-likeness (QED) is 0.569. The molecule has 1 amide bonds. The lowest BCUT2D eigenvalue weighted by Gasteiger charge is -2.07. The van der Waals surface area contributed by atoms with Gasteiger partial charge in [-0.2, -0.15) is 5.10 Å². The maximum absolute atomic E-state index is 12.6. The first-order chi connectivity index (χ1) is 13.0. The van der Waals surface area contributed by atoms with Gasteiger partial charge in [0.05, 0.1) is 17.7 Å². The van der Waals surface area contributed by atoms with E-state index in [4.69, 9.17) is 5.73 Å². The predicted octanol–water partition coefficient (Wildman–Crippen LogP) is 3.01. The number of hydrogen-bond donors (Lipinski definition) is 2. The van der Waals surface area contributed by atoms with Crippen LogP contribution in [-0.4, -0.2) is 25.7 Å². The molecule has 0 aliphatic rings. The minimum Gasteiger partial charge on any atom is -0.397 e. The molecular weight excluding hydrogens is 360 g/mol. The third-order valence-corrected chi connectivity index (χ3v) is 5.62. The minimum absolute atomic E-state index is 0.203. The van der Waals surface area contributed by atoms with Gasteiger partial charge in [-0.3, -0.25) is 4.79 Å². The molecule has 1 aromatic carbocycles. The molecule has 0 atom stereocenters. The summed E-state index contributed by atoms with van der Waals surface area (Å²) in [5.41, 5.74) is 10.5. The van der Waals surface area contributed by atoms with Gasteiger partial charge in [-0.15, -0.1) is 16.4 Å². The molecule has 0 aliphatic carbocycles. The Labute approximate surface area is 159 Å². The Kier molecular flexibility index (Phi) is 4.33. The topological polar surface area (TPSA) is 98.7 Å². The van der Waals surface area contributed by atoms with E-state index in [1.807, 2.05) is 48.9 Å². The Bertz CT molecular complexity index is 1120. The molecule has 4 rings (SSSR count). The van der Waals surface area contributed by atoms with Crippen LogP contribution in [0.5, 0.6) is 0 Å². The summed E-state index contributed by atoms with van der Waals surface area (Å²) in [6, 6.07) is 7.92. The van der Waals surface area contributed by atoms with Crippen LogP contribution in [0, 0.1) is 13.8 Å². The lowest BCUT2D eigenvalue weighted by molar-refractivity contribution is 0.0956. The van der Waals surface area contributed by atoms with Crippen molar-refractivity contribution in [1.29, 1.82) is 0 Å². The van der Waals surface area contributed by atoms with Crippen LogP contribution in [0.15, 0.2) is 43.0 Å². The summed E-state index contributed by atoms with van der Waals surface area (Å²) in [5, 5.41) is 12.0. The van der Waals surface area contributed by atoms with Gasteiger partial charge in [-0.1, -0.05) is 12.1 Å². The van der Waals surface area contributed by atoms with E-state index in [1.165, 1.54) is 11.3 Å². The molecule has 4 aromatic rings. The van der Waals surface area contributed by atoms with E-state index in [9.17, 15) is 4.79 Å². The highest BCUT2D eigenvalue weighted by Gasteiger charge is 2.19. The average Bonchev–Trinajstić information content (AvgIpc) is 3.32. The number of nitrogens with two attached hydrogens (primary N) is 1. The van der Waals surface area contributed by atoms with Crippen LogP contribution in [0.3, 0.4) is 0 Å². The number of nitrogens with zero attached hydrogens (tertiary/aromatic N) is 4. The summed E-state index contributed by atoms with van der Waals surface area (Å²) in [4.78, 5) is 17.8. The van der Waals surface area contributed by atoms with Crippen molar-refractivity contribution in [3.8, 4) is 5.69 Å². The van der Waals surface area contributed by atoms with Crippen molar-refractivity contribution >= 4 is 33.1 Å². The molecule has 3 N–H and O–H groups in total. The van der Waals surface area contributed by atoms with Gasteiger partial charge in [-0.05, 0) is 37.1 Å². The van der Waals surface area contributed by atoms with Crippen LogP contribution in [0.25, 0.3) is 15.9 Å². The average molecular weight is 378 g/mol. The van der Waals surface area contributed by atoms with Crippen LogP contribution < -0.4 is 11.1 Å². The van der Waals surface area contributed by atoms with Crippen molar-refractivity contribution in [2.45, 2.75) is 20.4 Å². The molecule has 0 unspecified atom stereocenters. The van der Waals surface area contributed by atoms with Crippen molar-refractivity contribution in [3.05, 3.63) is 64.7 Å². The second kappa shape index (κ2) is 6.81. The van der Waals surface area contributed by atoms with Crippen molar-refractivity contribution in [2.24, 2.45) is 0 Å². The number of nitrogens with one attached hydrogen (secondary N) is 1. The van der Waals surface area contributed by atoms with E-state index < -0.39 is 0 Å². The first-order valence-corrected chi connectivity index (χ1v) is 9.23. The Morgan fingerprint density at radius 2 is 2.00 bits per heavy atom. The number of hydrogen-bond acceptors (Lipinski definition) is 6. The van der Waals surface area contributed by atoms with E-state index in [1.54, 1.807) is 12.5 Å². The van der Waals surface area contributed by atoms with Gasteiger partial charge in [0, 0.05) is 30.0 Å². The number of benzene rings is 1. The maximum atomic E-state index is 12.6. The number of aryl methyl sites for hydroxylation is 2. The van der Waals surface area contributed by atoms with E-state index in [0.717, 1.165) is 27.9 Å². The summed E-state index contributed by atoms with van der Waals surface area (Å²) in [7, 11) is 0. The largest absolute Gasteiger partial charge is 0.397 e. The SMILES string of the molecule is Cc1nnc2sc(C(=O)NCc3ccc(-n4ccnc4)cc3)c(N)c2c1C. The van der Waals surface area contributed by atoms with Crippen molar-refractivity contribution in [1.82, 2.24) is 25.1 Å². The molecule has 0 radical (unpaired) electrons. The van der Waals surface area contributed by atoms with Gasteiger partial charge in [0.1, 0.15) is 9.71 Å². The van der Waals surface area contributed by atoms with Gasteiger partial charge in [0.25, 0.3) is 5.91 Å². The molecule has 136 valence electrons. The third-order valence-electron chi connectivity index (χ3n) is 4.53. The normalized spacial score (nSPS) is 11.0. The zero-order chi connectivity index (χ0) is 19.0. The number of imidazole rings is 1. The molecule has 0 saturated carbocycles. The smallest absolute Gasteiger partial charge is 0.263 e. The lowest BCUT2D eigenvalue weighted by Crippen LogP contribution is -2.22. The summed E-state index contributed by atoms with van der Waals surface area (Å²) in [6.07, 6.45) is 5.36. The van der Waals surface area contributed by atoms with Gasteiger partial charge in [0.2, 0.25) is 0 Å². The lowest BCUT2D eigenvalue weighted by atomic mass is 10.1. The van der Waals surface area contributed by atoms with Crippen LogP contribution >= 0.6 is 11.3 Å². The fourth-order valence-electron chi connectivity index (χ4n) is 2.87. The van der Waals surface area contributed by atoms with E-state index >= 15 is 0 Å². The number of carbonyl (C=O) groups excluding carboxylic acids is 1. The number of aromatic nitrogens is 4. The minimum atomic E-state index is -0.203. The summed E-state index contributed by atoms with van der Waals surface area (Å²) >= 11 is 1.27. The standard InChI is InChI=1S/C19H18N6OS/c1-11-12(2)23-24-19-15(11)16(20)17(27-19)18(26)22-9-13-3-5-14(6-4-13)25-8-7-21-10-25/h3-8,10H,9,20H2,1-2H3,(H,22,26). The number of fused-ring (bicyclic) bond motifs is 1. The highest BCUT2D eigenvalue weighted by Crippen LogP contribution is 2.34. The number of rotatable bonds is 4. The molecule has 0 fully saturated rings. The van der Waals surface area contributed by atoms with Crippen LogP contribution in [0.1, 0.15) is 26.5 Å². The zero-order valence-electron chi connectivity index (χ0n) is 14.9. The molecular formula is C19H18N6OS. The van der Waals surface area contributed by atoms with Crippen molar-refractivity contribution in [2.75, 3.05) is 5.73 Å². The molecule has 3 aromatic heterocycles. The fraction of sp³-hybridized carbons (Fsp3) is 0.158.